The first-order valence-corrected chi connectivity index (χ1v) is 7.41. The summed E-state index contributed by atoms with van der Waals surface area (Å²) in [7, 11) is 0. The third-order valence-electron chi connectivity index (χ3n) is 3.53. The summed E-state index contributed by atoms with van der Waals surface area (Å²) >= 11 is 1.64. The summed E-state index contributed by atoms with van der Waals surface area (Å²) in [5, 5.41) is 15.1. The molecule has 0 aliphatic carbocycles. The zero-order valence-corrected chi connectivity index (χ0v) is 11.7. The van der Waals surface area contributed by atoms with Gasteiger partial charge in [0.1, 0.15) is 6.10 Å². The molecule has 1 heterocycles. The van der Waals surface area contributed by atoms with Crippen molar-refractivity contribution in [2.75, 3.05) is 0 Å². The maximum absolute atomic E-state index is 10.7. The molecule has 19 heavy (non-hydrogen) atoms. The second-order valence-corrected chi connectivity index (χ2v) is 5.58. The molecule has 0 bridgehead atoms. The monoisotopic (exact) mass is 268 g/mol. The van der Waals surface area contributed by atoms with Crippen molar-refractivity contribution in [3.05, 3.63) is 69.9 Å². The van der Waals surface area contributed by atoms with Crippen LogP contribution >= 0.6 is 11.3 Å². The zero-order chi connectivity index (χ0) is 13.2. The molecule has 1 atom stereocenters. The summed E-state index contributed by atoms with van der Waals surface area (Å²) in [4.78, 5) is 1.07. The lowest BCUT2D eigenvalue weighted by Crippen LogP contribution is -2.00. The smallest absolute Gasteiger partial charge is 0.114 e. The van der Waals surface area contributed by atoms with Crippen molar-refractivity contribution >= 4 is 22.1 Å². The van der Waals surface area contributed by atoms with E-state index in [1.807, 2.05) is 24.3 Å². The van der Waals surface area contributed by atoms with Crippen molar-refractivity contribution in [1.82, 2.24) is 0 Å². The highest BCUT2D eigenvalue weighted by Gasteiger charge is 2.17. The lowest BCUT2D eigenvalue weighted by atomic mass is 9.98. The molecule has 0 aliphatic heterocycles. The van der Waals surface area contributed by atoms with Crippen LogP contribution in [0.15, 0.2) is 53.9 Å². The molecule has 0 radical (unpaired) electrons. The number of thiophene rings is 1. The molecule has 0 saturated carbocycles. The van der Waals surface area contributed by atoms with Gasteiger partial charge in [-0.25, -0.2) is 0 Å². The molecule has 3 rings (SSSR count). The fourth-order valence-corrected chi connectivity index (χ4v) is 3.51. The number of hydrogen-bond donors (Lipinski definition) is 1. The molecule has 1 aromatic heterocycles. The van der Waals surface area contributed by atoms with Gasteiger partial charge in [0.15, 0.2) is 0 Å². The molecule has 2 aromatic carbocycles. The summed E-state index contributed by atoms with van der Waals surface area (Å²) in [5.41, 5.74) is 2.24. The molecule has 2 heteroatoms. The summed E-state index contributed by atoms with van der Waals surface area (Å²) in [6, 6.07) is 16.4. The number of hydrogen-bond acceptors (Lipinski definition) is 2. The molecule has 0 amide bonds. The van der Waals surface area contributed by atoms with Crippen LogP contribution in [-0.2, 0) is 6.42 Å². The van der Waals surface area contributed by atoms with E-state index in [4.69, 9.17) is 0 Å². The molecule has 1 unspecified atom stereocenters. The highest BCUT2D eigenvalue weighted by Crippen LogP contribution is 2.33. The second kappa shape index (κ2) is 5.16. The summed E-state index contributed by atoms with van der Waals surface area (Å²) in [5.74, 6) is 0. The Morgan fingerprint density at radius 2 is 1.84 bits per heavy atom. The second-order valence-electron chi connectivity index (χ2n) is 4.63. The van der Waals surface area contributed by atoms with E-state index in [2.05, 4.69) is 36.6 Å². The van der Waals surface area contributed by atoms with E-state index in [0.717, 1.165) is 22.2 Å². The molecule has 0 aliphatic rings. The Morgan fingerprint density at radius 3 is 2.68 bits per heavy atom. The van der Waals surface area contributed by atoms with Gasteiger partial charge in [-0.3, -0.25) is 0 Å². The maximum Gasteiger partial charge on any atom is 0.114 e. The fourth-order valence-electron chi connectivity index (χ4n) is 2.51. The number of rotatable bonds is 3. The summed E-state index contributed by atoms with van der Waals surface area (Å²) < 4.78 is 0. The van der Waals surface area contributed by atoms with Crippen LogP contribution in [-0.4, -0.2) is 5.11 Å². The van der Waals surface area contributed by atoms with Gasteiger partial charge in [-0.15, -0.1) is 11.3 Å². The van der Waals surface area contributed by atoms with E-state index in [9.17, 15) is 5.11 Å². The predicted molar refractivity (Wildman–Crippen MR) is 81.7 cm³/mol. The average Bonchev–Trinajstić information content (AvgIpc) is 2.94. The van der Waals surface area contributed by atoms with Crippen LogP contribution in [0.5, 0.6) is 0 Å². The Kier molecular flexibility index (Phi) is 3.36. The molecular formula is C17H16OS. The van der Waals surface area contributed by atoms with Crippen molar-refractivity contribution < 1.29 is 5.11 Å². The number of aliphatic hydroxyl groups is 1. The number of aryl methyl sites for hydroxylation is 1. The zero-order valence-electron chi connectivity index (χ0n) is 10.8. The standard InChI is InChI=1S/C17H16OS/c1-2-12-10-11-19-17(12)16(18)15-9-5-7-13-6-3-4-8-14(13)15/h3-11,16,18H,2H2,1H3. The van der Waals surface area contributed by atoms with Crippen LogP contribution in [0.2, 0.25) is 0 Å². The highest BCUT2D eigenvalue weighted by atomic mass is 32.1. The molecule has 0 saturated heterocycles. The molecule has 96 valence electrons. The lowest BCUT2D eigenvalue weighted by molar-refractivity contribution is 0.225. The molecule has 1 N–H and O–H groups in total. The minimum atomic E-state index is -0.527. The van der Waals surface area contributed by atoms with E-state index in [1.165, 1.54) is 10.9 Å². The number of aliphatic hydroxyl groups excluding tert-OH is 1. The largest absolute Gasteiger partial charge is 0.383 e. The van der Waals surface area contributed by atoms with Crippen LogP contribution in [0.1, 0.15) is 29.0 Å². The van der Waals surface area contributed by atoms with E-state index >= 15 is 0 Å². The summed E-state index contributed by atoms with van der Waals surface area (Å²) in [6.45, 7) is 2.13. The van der Waals surface area contributed by atoms with E-state index in [0.29, 0.717) is 0 Å². The van der Waals surface area contributed by atoms with E-state index in [1.54, 1.807) is 11.3 Å². The Morgan fingerprint density at radius 1 is 1.05 bits per heavy atom. The Hall–Kier alpha value is -1.64. The fraction of sp³-hybridized carbons (Fsp3) is 0.176. The van der Waals surface area contributed by atoms with Gasteiger partial charge < -0.3 is 5.11 Å². The van der Waals surface area contributed by atoms with Gasteiger partial charge in [0.25, 0.3) is 0 Å². The Bertz CT molecular complexity index is 694. The number of fused-ring (bicyclic) bond motifs is 1. The minimum Gasteiger partial charge on any atom is -0.383 e. The topological polar surface area (TPSA) is 20.2 Å². The van der Waals surface area contributed by atoms with E-state index in [-0.39, 0.29) is 0 Å². The van der Waals surface area contributed by atoms with E-state index < -0.39 is 6.10 Å². The maximum atomic E-state index is 10.7. The van der Waals surface area contributed by atoms with Gasteiger partial charge >= 0.3 is 0 Å². The molecule has 3 aromatic rings. The van der Waals surface area contributed by atoms with Crippen molar-refractivity contribution in [3.8, 4) is 0 Å². The highest BCUT2D eigenvalue weighted by molar-refractivity contribution is 7.10. The predicted octanol–water partition coefficient (Wildman–Crippen LogP) is 4.55. The SMILES string of the molecule is CCc1ccsc1C(O)c1cccc2ccccc12. The van der Waals surface area contributed by atoms with Crippen molar-refractivity contribution in [3.63, 3.8) is 0 Å². The minimum absolute atomic E-state index is 0.527. The molecule has 1 nitrogen and oxygen atoms in total. The molecule has 0 spiro atoms. The van der Waals surface area contributed by atoms with Gasteiger partial charge in [-0.2, -0.15) is 0 Å². The van der Waals surface area contributed by atoms with Crippen molar-refractivity contribution in [1.29, 1.82) is 0 Å². The van der Waals surface area contributed by atoms with Crippen LogP contribution in [0.25, 0.3) is 10.8 Å². The van der Waals surface area contributed by atoms with Crippen LogP contribution < -0.4 is 0 Å². The first-order chi connectivity index (χ1) is 9.31. The Balaban J connectivity index is 2.14. The first kappa shape index (κ1) is 12.4. The molecule has 0 fully saturated rings. The van der Waals surface area contributed by atoms with Gasteiger partial charge in [-0.1, -0.05) is 49.4 Å². The normalized spacial score (nSPS) is 12.7. The van der Waals surface area contributed by atoms with Crippen LogP contribution in [0.3, 0.4) is 0 Å². The first-order valence-electron chi connectivity index (χ1n) is 6.53. The van der Waals surface area contributed by atoms with Crippen LogP contribution in [0, 0.1) is 0 Å². The number of benzene rings is 2. The average molecular weight is 268 g/mol. The Labute approximate surface area is 117 Å². The van der Waals surface area contributed by atoms with Gasteiger partial charge in [0.2, 0.25) is 0 Å². The summed E-state index contributed by atoms with van der Waals surface area (Å²) in [6.07, 6.45) is 0.432. The molecular weight excluding hydrogens is 252 g/mol. The van der Waals surface area contributed by atoms with Gasteiger partial charge in [0, 0.05) is 4.88 Å². The van der Waals surface area contributed by atoms with Gasteiger partial charge in [-0.05, 0) is 39.8 Å². The quantitative estimate of drug-likeness (QED) is 0.739. The van der Waals surface area contributed by atoms with Crippen molar-refractivity contribution in [2.24, 2.45) is 0 Å². The van der Waals surface area contributed by atoms with Gasteiger partial charge in [0.05, 0.1) is 0 Å². The lowest BCUT2D eigenvalue weighted by Gasteiger charge is -2.14. The van der Waals surface area contributed by atoms with Crippen LogP contribution in [0.4, 0.5) is 0 Å². The third-order valence-corrected chi connectivity index (χ3v) is 4.54. The third kappa shape index (κ3) is 2.18. The van der Waals surface area contributed by atoms with Crippen molar-refractivity contribution in [2.45, 2.75) is 19.4 Å².